The lowest BCUT2D eigenvalue weighted by Gasteiger charge is -2.21. The molecule has 0 saturated carbocycles. The van der Waals surface area contributed by atoms with Crippen LogP contribution >= 0.6 is 0 Å². The lowest BCUT2D eigenvalue weighted by Crippen LogP contribution is -2.40. The number of hydrogen-bond acceptors (Lipinski definition) is 2. The van der Waals surface area contributed by atoms with Crippen LogP contribution < -0.4 is 11.5 Å². The third-order valence-corrected chi connectivity index (χ3v) is 1.40. The lowest BCUT2D eigenvalue weighted by molar-refractivity contribution is -0.119. The van der Waals surface area contributed by atoms with Crippen LogP contribution in [0.4, 0.5) is 0 Å². The van der Waals surface area contributed by atoms with Crippen LogP contribution in [0.1, 0.15) is 33.1 Å². The van der Waals surface area contributed by atoms with E-state index in [4.69, 9.17) is 11.5 Å². The summed E-state index contributed by atoms with van der Waals surface area (Å²) < 4.78 is 0. The maximum Gasteiger partial charge on any atom is 0.219 e. The first kappa shape index (κ1) is 9.43. The zero-order valence-electron chi connectivity index (χ0n) is 6.68. The van der Waals surface area contributed by atoms with E-state index in [1.165, 1.54) is 0 Å². The van der Waals surface area contributed by atoms with Crippen LogP contribution in [0.3, 0.4) is 0 Å². The molecule has 0 aromatic rings. The van der Waals surface area contributed by atoms with Crippen molar-refractivity contribution in [2.24, 2.45) is 11.5 Å². The highest BCUT2D eigenvalue weighted by Crippen LogP contribution is 2.11. The fraction of sp³-hybridized carbons (Fsp3) is 0.857. The summed E-state index contributed by atoms with van der Waals surface area (Å²) in [4.78, 5) is 10.4. The number of amides is 1. The Morgan fingerprint density at radius 1 is 1.60 bits per heavy atom. The first-order chi connectivity index (χ1) is 4.48. The molecule has 0 aliphatic heterocycles. The minimum absolute atomic E-state index is 0.279. The van der Waals surface area contributed by atoms with Crippen LogP contribution in [0, 0.1) is 0 Å². The molecule has 10 heavy (non-hydrogen) atoms. The normalized spacial score (nSPS) is 16.3. The summed E-state index contributed by atoms with van der Waals surface area (Å²) in [6.45, 7) is 3.88. The second-order valence-corrected chi connectivity index (χ2v) is 3.05. The van der Waals surface area contributed by atoms with Crippen LogP contribution in [0.25, 0.3) is 0 Å². The van der Waals surface area contributed by atoms with E-state index in [1.807, 2.05) is 13.8 Å². The summed E-state index contributed by atoms with van der Waals surface area (Å²) >= 11 is 0. The first-order valence-corrected chi connectivity index (χ1v) is 3.55. The van der Waals surface area contributed by atoms with E-state index in [0.29, 0.717) is 0 Å². The molecule has 0 rings (SSSR count). The van der Waals surface area contributed by atoms with E-state index < -0.39 is 5.54 Å². The van der Waals surface area contributed by atoms with E-state index in [-0.39, 0.29) is 12.3 Å². The monoisotopic (exact) mass is 144 g/mol. The van der Waals surface area contributed by atoms with E-state index in [1.54, 1.807) is 0 Å². The van der Waals surface area contributed by atoms with Gasteiger partial charge in [-0.25, -0.2) is 0 Å². The molecule has 0 spiro atoms. The third kappa shape index (κ3) is 4.32. The molecule has 0 radical (unpaired) electrons. The van der Waals surface area contributed by atoms with E-state index >= 15 is 0 Å². The lowest BCUT2D eigenvalue weighted by atomic mass is 9.93. The Labute approximate surface area is 61.8 Å². The summed E-state index contributed by atoms with van der Waals surface area (Å²) in [5, 5.41) is 0. The quantitative estimate of drug-likeness (QED) is 0.599. The molecule has 0 heterocycles. The summed E-state index contributed by atoms with van der Waals surface area (Å²) in [6.07, 6.45) is 2.11. The van der Waals surface area contributed by atoms with Crippen LogP contribution in [0.5, 0.6) is 0 Å². The largest absolute Gasteiger partial charge is 0.370 e. The number of primary amides is 1. The molecule has 1 atom stereocenters. The van der Waals surface area contributed by atoms with Crippen LogP contribution in [0.15, 0.2) is 0 Å². The molecule has 3 heteroatoms. The SMILES string of the molecule is CCCC(C)(N)CC(N)=O. The van der Waals surface area contributed by atoms with Crippen molar-refractivity contribution in [3.05, 3.63) is 0 Å². The first-order valence-electron chi connectivity index (χ1n) is 3.55. The van der Waals surface area contributed by atoms with Crippen molar-refractivity contribution in [1.29, 1.82) is 0 Å². The maximum atomic E-state index is 10.4. The van der Waals surface area contributed by atoms with Gasteiger partial charge in [-0.2, -0.15) is 0 Å². The molecule has 3 nitrogen and oxygen atoms in total. The predicted molar refractivity (Wildman–Crippen MR) is 41.3 cm³/mol. The minimum atomic E-state index is -0.402. The molecule has 0 aliphatic rings. The highest BCUT2D eigenvalue weighted by Gasteiger charge is 2.19. The Bertz CT molecular complexity index is 121. The van der Waals surface area contributed by atoms with Crippen LogP contribution in [0.2, 0.25) is 0 Å². The molecule has 0 saturated heterocycles. The minimum Gasteiger partial charge on any atom is -0.370 e. The topological polar surface area (TPSA) is 69.1 Å². The molecule has 0 bridgehead atoms. The average Bonchev–Trinajstić information content (AvgIpc) is 1.59. The van der Waals surface area contributed by atoms with E-state index in [0.717, 1.165) is 12.8 Å². The standard InChI is InChI=1S/C7H16N2O/c1-3-4-7(2,9)5-6(8)10/h3-5,9H2,1-2H3,(H2,8,10). The van der Waals surface area contributed by atoms with Gasteiger partial charge in [0.15, 0.2) is 0 Å². The highest BCUT2D eigenvalue weighted by molar-refractivity contribution is 5.75. The molecule has 0 aromatic heterocycles. The molecule has 0 aliphatic carbocycles. The van der Waals surface area contributed by atoms with Gasteiger partial charge in [0.2, 0.25) is 5.91 Å². The Morgan fingerprint density at radius 2 is 2.10 bits per heavy atom. The molecule has 60 valence electrons. The average molecular weight is 144 g/mol. The maximum absolute atomic E-state index is 10.4. The number of nitrogens with two attached hydrogens (primary N) is 2. The van der Waals surface area contributed by atoms with Gasteiger partial charge in [0.25, 0.3) is 0 Å². The summed E-state index contributed by atoms with van der Waals surface area (Å²) in [7, 11) is 0. The third-order valence-electron chi connectivity index (χ3n) is 1.40. The Kier molecular flexibility index (Phi) is 3.36. The number of carbonyl (C=O) groups is 1. The number of rotatable bonds is 4. The fourth-order valence-corrected chi connectivity index (χ4v) is 1.06. The predicted octanol–water partition coefficient (Wildman–Crippen LogP) is 0.379. The van der Waals surface area contributed by atoms with Crippen molar-refractivity contribution in [2.45, 2.75) is 38.6 Å². The van der Waals surface area contributed by atoms with Crippen molar-refractivity contribution in [2.75, 3.05) is 0 Å². The smallest absolute Gasteiger partial charge is 0.219 e. The molecule has 0 fully saturated rings. The zero-order chi connectivity index (χ0) is 8.20. The van der Waals surface area contributed by atoms with Crippen molar-refractivity contribution in [1.82, 2.24) is 0 Å². The van der Waals surface area contributed by atoms with Crippen molar-refractivity contribution < 1.29 is 4.79 Å². The van der Waals surface area contributed by atoms with Gasteiger partial charge < -0.3 is 11.5 Å². The van der Waals surface area contributed by atoms with E-state index in [2.05, 4.69) is 0 Å². The zero-order valence-corrected chi connectivity index (χ0v) is 6.68. The van der Waals surface area contributed by atoms with Gasteiger partial charge in [-0.05, 0) is 13.3 Å². The molecular weight excluding hydrogens is 128 g/mol. The Balaban J connectivity index is 3.74. The van der Waals surface area contributed by atoms with Gasteiger partial charge in [-0.15, -0.1) is 0 Å². The molecule has 0 aromatic carbocycles. The molecule has 4 N–H and O–H groups in total. The van der Waals surface area contributed by atoms with Gasteiger partial charge in [0.1, 0.15) is 0 Å². The summed E-state index contributed by atoms with van der Waals surface area (Å²) in [6, 6.07) is 0. The van der Waals surface area contributed by atoms with Crippen molar-refractivity contribution in [3.63, 3.8) is 0 Å². The van der Waals surface area contributed by atoms with Crippen LogP contribution in [-0.2, 0) is 4.79 Å². The van der Waals surface area contributed by atoms with Gasteiger partial charge in [0.05, 0.1) is 0 Å². The van der Waals surface area contributed by atoms with Crippen molar-refractivity contribution >= 4 is 5.91 Å². The molecular formula is C7H16N2O. The van der Waals surface area contributed by atoms with Gasteiger partial charge in [0, 0.05) is 12.0 Å². The Hall–Kier alpha value is -0.570. The van der Waals surface area contributed by atoms with Crippen molar-refractivity contribution in [3.8, 4) is 0 Å². The molecule has 1 amide bonds. The molecule has 1 unspecified atom stereocenters. The second kappa shape index (κ2) is 3.56. The van der Waals surface area contributed by atoms with Crippen LogP contribution in [-0.4, -0.2) is 11.4 Å². The van der Waals surface area contributed by atoms with E-state index in [9.17, 15) is 4.79 Å². The number of carbonyl (C=O) groups excluding carboxylic acids is 1. The number of hydrogen-bond donors (Lipinski definition) is 2. The Morgan fingerprint density at radius 3 is 2.40 bits per heavy atom. The van der Waals surface area contributed by atoms with Gasteiger partial charge >= 0.3 is 0 Å². The van der Waals surface area contributed by atoms with Gasteiger partial charge in [-0.3, -0.25) is 4.79 Å². The highest BCUT2D eigenvalue weighted by atomic mass is 16.1. The summed E-state index contributed by atoms with van der Waals surface area (Å²) in [5.74, 6) is -0.321. The van der Waals surface area contributed by atoms with Gasteiger partial charge in [-0.1, -0.05) is 13.3 Å². The second-order valence-electron chi connectivity index (χ2n) is 3.05. The fourth-order valence-electron chi connectivity index (χ4n) is 1.06. The summed E-state index contributed by atoms with van der Waals surface area (Å²) in [5.41, 5.74) is 10.3.